The van der Waals surface area contributed by atoms with E-state index in [4.69, 9.17) is 0 Å². The number of carbonyl (C=O) groups excluding carboxylic acids is 2. The molecule has 0 radical (unpaired) electrons. The lowest BCUT2D eigenvalue weighted by atomic mass is 9.98. The predicted octanol–water partition coefficient (Wildman–Crippen LogP) is 0.780. The fourth-order valence-electron chi connectivity index (χ4n) is 2.08. The van der Waals surface area contributed by atoms with E-state index in [1.54, 1.807) is 15.8 Å². The Kier molecular flexibility index (Phi) is 3.00. The van der Waals surface area contributed by atoms with Crippen LogP contribution in [0.5, 0.6) is 0 Å². The molecule has 0 aliphatic carbocycles. The van der Waals surface area contributed by atoms with Crippen LogP contribution < -0.4 is 0 Å². The summed E-state index contributed by atoms with van der Waals surface area (Å²) in [5, 5.41) is 4.07. The van der Waals surface area contributed by atoms with E-state index >= 15 is 0 Å². The standard InChI is InChI=1S/C12H17N3O2/c1-8-7-15(5-4-11(8)16)12(17)10-6-13-14(3)9(10)2/h6,8H,4-5,7H2,1-3H3. The number of hydrogen-bond donors (Lipinski definition) is 0. The fourth-order valence-corrected chi connectivity index (χ4v) is 2.08. The highest BCUT2D eigenvalue weighted by atomic mass is 16.2. The van der Waals surface area contributed by atoms with E-state index in [-0.39, 0.29) is 17.6 Å². The van der Waals surface area contributed by atoms with Crippen molar-refractivity contribution in [2.45, 2.75) is 20.3 Å². The second kappa shape index (κ2) is 4.31. The normalized spacial score (nSPS) is 20.8. The highest BCUT2D eigenvalue weighted by molar-refractivity contribution is 5.96. The number of nitrogens with zero attached hydrogens (tertiary/aromatic N) is 3. The molecule has 2 heterocycles. The average molecular weight is 235 g/mol. The molecule has 0 aromatic carbocycles. The van der Waals surface area contributed by atoms with Crippen LogP contribution in [0, 0.1) is 12.8 Å². The topological polar surface area (TPSA) is 55.2 Å². The first-order valence-electron chi connectivity index (χ1n) is 5.81. The summed E-state index contributed by atoms with van der Waals surface area (Å²) in [6, 6.07) is 0. The van der Waals surface area contributed by atoms with Crippen molar-refractivity contribution >= 4 is 11.7 Å². The maximum atomic E-state index is 12.2. The van der Waals surface area contributed by atoms with Gasteiger partial charge < -0.3 is 4.90 Å². The third-order valence-corrected chi connectivity index (χ3v) is 3.42. The minimum absolute atomic E-state index is 0.0186. The number of aryl methyl sites for hydroxylation is 1. The number of Topliss-reactive ketones (excluding diaryl/α,β-unsaturated/α-hetero) is 1. The second-order valence-electron chi connectivity index (χ2n) is 4.64. The Hall–Kier alpha value is -1.65. The van der Waals surface area contributed by atoms with Gasteiger partial charge in [-0.15, -0.1) is 0 Å². The Morgan fingerprint density at radius 2 is 2.24 bits per heavy atom. The summed E-state index contributed by atoms with van der Waals surface area (Å²) in [5.74, 6) is 0.177. The Morgan fingerprint density at radius 1 is 1.53 bits per heavy atom. The van der Waals surface area contributed by atoms with Gasteiger partial charge in [0.1, 0.15) is 5.78 Å². The Balaban J connectivity index is 2.16. The largest absolute Gasteiger partial charge is 0.337 e. The third-order valence-electron chi connectivity index (χ3n) is 3.42. The van der Waals surface area contributed by atoms with Gasteiger partial charge in [0.2, 0.25) is 0 Å². The quantitative estimate of drug-likeness (QED) is 0.722. The van der Waals surface area contributed by atoms with E-state index < -0.39 is 0 Å². The number of amides is 1. The van der Waals surface area contributed by atoms with Crippen molar-refractivity contribution in [3.05, 3.63) is 17.5 Å². The second-order valence-corrected chi connectivity index (χ2v) is 4.64. The van der Waals surface area contributed by atoms with Crippen molar-refractivity contribution < 1.29 is 9.59 Å². The molecule has 1 fully saturated rings. The molecule has 0 saturated carbocycles. The summed E-state index contributed by atoms with van der Waals surface area (Å²) in [6.45, 7) is 4.79. The van der Waals surface area contributed by atoms with Crippen molar-refractivity contribution in [3.63, 3.8) is 0 Å². The molecule has 1 saturated heterocycles. The molecule has 5 nitrogen and oxygen atoms in total. The van der Waals surface area contributed by atoms with Crippen LogP contribution in [0.25, 0.3) is 0 Å². The number of likely N-dealkylation sites (tertiary alicyclic amines) is 1. The Bertz CT molecular complexity index is 464. The molecule has 0 bridgehead atoms. The van der Waals surface area contributed by atoms with Crippen LogP contribution in [0.3, 0.4) is 0 Å². The molecular weight excluding hydrogens is 218 g/mol. The summed E-state index contributed by atoms with van der Waals surface area (Å²) >= 11 is 0. The van der Waals surface area contributed by atoms with Gasteiger partial charge in [-0.3, -0.25) is 14.3 Å². The molecule has 2 rings (SSSR count). The molecular formula is C12H17N3O2. The van der Waals surface area contributed by atoms with Crippen LogP contribution in [0.1, 0.15) is 29.4 Å². The zero-order chi connectivity index (χ0) is 12.6. The molecule has 1 aromatic heterocycles. The Morgan fingerprint density at radius 3 is 2.76 bits per heavy atom. The molecule has 0 N–H and O–H groups in total. The van der Waals surface area contributed by atoms with Gasteiger partial charge in [-0.05, 0) is 6.92 Å². The van der Waals surface area contributed by atoms with Gasteiger partial charge in [0.15, 0.2) is 0 Å². The van der Waals surface area contributed by atoms with E-state index in [2.05, 4.69) is 5.10 Å². The first-order valence-corrected chi connectivity index (χ1v) is 5.81. The van der Waals surface area contributed by atoms with E-state index in [1.165, 1.54) is 0 Å². The fraction of sp³-hybridized carbons (Fsp3) is 0.583. The third kappa shape index (κ3) is 2.09. The lowest BCUT2D eigenvalue weighted by molar-refractivity contribution is -0.124. The lowest BCUT2D eigenvalue weighted by Gasteiger charge is -2.29. The summed E-state index contributed by atoms with van der Waals surface area (Å²) in [6.07, 6.45) is 2.06. The maximum Gasteiger partial charge on any atom is 0.257 e. The average Bonchev–Trinajstić information content (AvgIpc) is 2.63. The summed E-state index contributed by atoms with van der Waals surface area (Å²) in [4.78, 5) is 25.4. The number of carbonyl (C=O) groups is 2. The van der Waals surface area contributed by atoms with Crippen LogP contribution in [0.2, 0.25) is 0 Å². The van der Waals surface area contributed by atoms with Gasteiger partial charge in [-0.2, -0.15) is 5.10 Å². The van der Waals surface area contributed by atoms with Crippen LogP contribution in [-0.4, -0.2) is 39.5 Å². The molecule has 1 aliphatic rings. The van der Waals surface area contributed by atoms with Crippen molar-refractivity contribution in [1.82, 2.24) is 14.7 Å². The number of aromatic nitrogens is 2. The van der Waals surface area contributed by atoms with Crippen molar-refractivity contribution in [2.75, 3.05) is 13.1 Å². The molecule has 1 aliphatic heterocycles. The number of hydrogen-bond acceptors (Lipinski definition) is 3. The molecule has 1 atom stereocenters. The molecule has 1 amide bonds. The van der Waals surface area contributed by atoms with Crippen LogP contribution in [0.15, 0.2) is 6.20 Å². The van der Waals surface area contributed by atoms with Crippen molar-refractivity contribution in [2.24, 2.45) is 13.0 Å². The van der Waals surface area contributed by atoms with Gasteiger partial charge in [-0.1, -0.05) is 6.92 Å². The van der Waals surface area contributed by atoms with Crippen molar-refractivity contribution in [1.29, 1.82) is 0 Å². The first-order chi connectivity index (χ1) is 8.00. The summed E-state index contributed by atoms with van der Waals surface area (Å²) in [7, 11) is 1.81. The maximum absolute atomic E-state index is 12.2. The zero-order valence-corrected chi connectivity index (χ0v) is 10.4. The number of rotatable bonds is 1. The molecule has 17 heavy (non-hydrogen) atoms. The van der Waals surface area contributed by atoms with Gasteiger partial charge in [-0.25, -0.2) is 0 Å². The number of piperidine rings is 1. The van der Waals surface area contributed by atoms with Gasteiger partial charge in [0, 0.05) is 38.2 Å². The van der Waals surface area contributed by atoms with Crippen LogP contribution in [0.4, 0.5) is 0 Å². The van der Waals surface area contributed by atoms with Crippen LogP contribution in [-0.2, 0) is 11.8 Å². The molecule has 1 unspecified atom stereocenters. The lowest BCUT2D eigenvalue weighted by Crippen LogP contribution is -2.43. The van der Waals surface area contributed by atoms with Crippen molar-refractivity contribution in [3.8, 4) is 0 Å². The van der Waals surface area contributed by atoms with Crippen LogP contribution >= 0.6 is 0 Å². The SMILES string of the molecule is Cc1c(C(=O)N2CCC(=O)C(C)C2)cnn1C. The summed E-state index contributed by atoms with van der Waals surface area (Å²) < 4.78 is 1.69. The molecule has 1 aromatic rings. The van der Waals surface area contributed by atoms with E-state index in [0.29, 0.717) is 25.1 Å². The van der Waals surface area contributed by atoms with Gasteiger partial charge >= 0.3 is 0 Å². The highest BCUT2D eigenvalue weighted by Gasteiger charge is 2.28. The van der Waals surface area contributed by atoms with E-state index in [9.17, 15) is 9.59 Å². The summed E-state index contributed by atoms with van der Waals surface area (Å²) in [5.41, 5.74) is 1.49. The molecule has 92 valence electrons. The highest BCUT2D eigenvalue weighted by Crippen LogP contribution is 2.16. The van der Waals surface area contributed by atoms with Gasteiger partial charge in [0.25, 0.3) is 5.91 Å². The number of ketones is 1. The van der Waals surface area contributed by atoms with Gasteiger partial charge in [0.05, 0.1) is 11.8 Å². The minimum Gasteiger partial charge on any atom is -0.337 e. The van der Waals surface area contributed by atoms with E-state index in [1.807, 2.05) is 20.9 Å². The molecule has 5 heteroatoms. The predicted molar refractivity (Wildman–Crippen MR) is 62.6 cm³/mol. The smallest absolute Gasteiger partial charge is 0.257 e. The van der Waals surface area contributed by atoms with E-state index in [0.717, 1.165) is 5.69 Å². The first kappa shape index (κ1) is 11.8. The Labute approximate surface area is 100 Å². The molecule has 0 spiro atoms. The monoisotopic (exact) mass is 235 g/mol. The minimum atomic E-state index is -0.0512. The zero-order valence-electron chi connectivity index (χ0n) is 10.4.